The van der Waals surface area contributed by atoms with Gasteiger partial charge in [0.25, 0.3) is 0 Å². The molecule has 2 aliphatic rings. The molecule has 2 aliphatic heterocycles. The number of piperazine rings is 1. The maximum atomic E-state index is 6.32. The topological polar surface area (TPSA) is 33.5 Å². The number of hydrogen-bond acceptors (Lipinski definition) is 4. The molecule has 0 bridgehead atoms. The lowest BCUT2D eigenvalue weighted by Gasteiger charge is -2.35. The zero-order valence-electron chi connectivity index (χ0n) is 13.0. The Morgan fingerprint density at radius 1 is 1.24 bits per heavy atom. The van der Waals surface area contributed by atoms with Crippen LogP contribution in [0.2, 0.25) is 5.15 Å². The number of ether oxygens (including phenoxy) is 1. The van der Waals surface area contributed by atoms with Crippen molar-refractivity contribution in [1.29, 1.82) is 0 Å². The van der Waals surface area contributed by atoms with Crippen molar-refractivity contribution < 1.29 is 4.74 Å². The fourth-order valence-electron chi connectivity index (χ4n) is 3.28. The Hall–Kier alpha value is -0.620. The maximum absolute atomic E-state index is 6.32. The zero-order chi connectivity index (χ0) is 14.8. The van der Waals surface area contributed by atoms with Crippen LogP contribution in [0.15, 0.2) is 0 Å². The highest BCUT2D eigenvalue weighted by molar-refractivity contribution is 6.30. The number of rotatable bonds is 4. The van der Waals surface area contributed by atoms with E-state index in [0.29, 0.717) is 6.10 Å². The number of aryl methyl sites for hydroxylation is 2. The van der Waals surface area contributed by atoms with Crippen molar-refractivity contribution in [2.75, 3.05) is 39.3 Å². The molecule has 0 N–H and O–H groups in total. The first kappa shape index (κ1) is 15.3. The van der Waals surface area contributed by atoms with Crippen LogP contribution < -0.4 is 0 Å². The third-order valence-corrected chi connectivity index (χ3v) is 5.08. The van der Waals surface area contributed by atoms with E-state index in [1.807, 2.05) is 14.0 Å². The summed E-state index contributed by atoms with van der Waals surface area (Å²) in [6.45, 7) is 9.42. The molecule has 0 saturated carbocycles. The van der Waals surface area contributed by atoms with Crippen LogP contribution in [0.3, 0.4) is 0 Å². The number of hydrogen-bond donors (Lipinski definition) is 0. The van der Waals surface area contributed by atoms with Crippen molar-refractivity contribution in [1.82, 2.24) is 19.6 Å². The van der Waals surface area contributed by atoms with Crippen LogP contribution in [0.4, 0.5) is 0 Å². The van der Waals surface area contributed by atoms with Crippen LogP contribution in [0.5, 0.6) is 0 Å². The summed E-state index contributed by atoms with van der Waals surface area (Å²) in [7, 11) is 1.90. The van der Waals surface area contributed by atoms with Crippen LogP contribution >= 0.6 is 11.6 Å². The van der Waals surface area contributed by atoms with E-state index in [4.69, 9.17) is 16.3 Å². The summed E-state index contributed by atoms with van der Waals surface area (Å²) in [5, 5.41) is 5.16. The first-order chi connectivity index (χ1) is 10.1. The molecule has 118 valence electrons. The second kappa shape index (κ2) is 6.65. The van der Waals surface area contributed by atoms with E-state index < -0.39 is 0 Å². The monoisotopic (exact) mass is 312 g/mol. The van der Waals surface area contributed by atoms with Crippen LogP contribution in [-0.2, 0) is 18.3 Å². The summed E-state index contributed by atoms with van der Waals surface area (Å²) in [5.41, 5.74) is 2.22. The molecule has 0 spiro atoms. The molecule has 0 aromatic carbocycles. The number of nitrogens with zero attached hydrogens (tertiary/aromatic N) is 4. The smallest absolute Gasteiger partial charge is 0.131 e. The minimum Gasteiger partial charge on any atom is -0.377 e. The minimum atomic E-state index is 0.464. The van der Waals surface area contributed by atoms with E-state index in [0.717, 1.165) is 56.7 Å². The first-order valence-electron chi connectivity index (χ1n) is 7.88. The second-order valence-electron chi connectivity index (χ2n) is 6.19. The fraction of sp³-hybridized carbons (Fsp3) is 0.800. The average molecular weight is 313 g/mol. The van der Waals surface area contributed by atoms with Gasteiger partial charge in [-0.25, -0.2) is 0 Å². The van der Waals surface area contributed by atoms with E-state index >= 15 is 0 Å². The molecule has 21 heavy (non-hydrogen) atoms. The Labute approximate surface area is 131 Å². The van der Waals surface area contributed by atoms with Gasteiger partial charge in [0.1, 0.15) is 5.15 Å². The summed E-state index contributed by atoms with van der Waals surface area (Å²) >= 11 is 6.32. The quantitative estimate of drug-likeness (QED) is 0.847. The molecule has 6 heteroatoms. The summed E-state index contributed by atoms with van der Waals surface area (Å²) in [6.07, 6.45) is 2.92. The third kappa shape index (κ3) is 3.59. The molecular formula is C15H25ClN4O. The predicted octanol–water partition coefficient (Wildman–Crippen LogP) is 1.68. The lowest BCUT2D eigenvalue weighted by molar-refractivity contribution is 0.0489. The Bertz CT molecular complexity index is 476. The summed E-state index contributed by atoms with van der Waals surface area (Å²) in [6, 6.07) is 0. The van der Waals surface area contributed by atoms with Crippen molar-refractivity contribution in [3.8, 4) is 0 Å². The highest BCUT2D eigenvalue weighted by Gasteiger charge is 2.24. The van der Waals surface area contributed by atoms with Gasteiger partial charge in [-0.1, -0.05) is 11.6 Å². The molecule has 3 rings (SSSR count). The van der Waals surface area contributed by atoms with Gasteiger partial charge in [0, 0.05) is 58.5 Å². The largest absolute Gasteiger partial charge is 0.377 e. The van der Waals surface area contributed by atoms with E-state index in [-0.39, 0.29) is 0 Å². The van der Waals surface area contributed by atoms with Crippen LogP contribution in [0.25, 0.3) is 0 Å². The molecule has 0 radical (unpaired) electrons. The molecule has 3 heterocycles. The summed E-state index contributed by atoms with van der Waals surface area (Å²) < 4.78 is 7.49. The fourth-order valence-corrected chi connectivity index (χ4v) is 3.52. The average Bonchev–Trinajstić information content (AvgIpc) is 3.05. The highest BCUT2D eigenvalue weighted by Crippen LogP contribution is 2.21. The molecule has 1 aromatic heterocycles. The van der Waals surface area contributed by atoms with Crippen molar-refractivity contribution in [3.05, 3.63) is 16.4 Å². The minimum absolute atomic E-state index is 0.464. The molecular weight excluding hydrogens is 288 g/mol. The maximum Gasteiger partial charge on any atom is 0.131 e. The Kier molecular flexibility index (Phi) is 4.84. The van der Waals surface area contributed by atoms with Crippen LogP contribution in [0, 0.1) is 6.92 Å². The van der Waals surface area contributed by atoms with E-state index in [1.54, 1.807) is 4.68 Å². The van der Waals surface area contributed by atoms with Gasteiger partial charge in [-0.15, -0.1) is 0 Å². The highest BCUT2D eigenvalue weighted by atomic mass is 35.5. The van der Waals surface area contributed by atoms with Gasteiger partial charge in [0.15, 0.2) is 0 Å². The van der Waals surface area contributed by atoms with Gasteiger partial charge in [-0.05, 0) is 19.8 Å². The predicted molar refractivity (Wildman–Crippen MR) is 83.6 cm³/mol. The molecule has 2 fully saturated rings. The lowest BCUT2D eigenvalue weighted by Crippen LogP contribution is -2.48. The zero-order valence-corrected chi connectivity index (χ0v) is 13.8. The van der Waals surface area contributed by atoms with E-state index in [1.165, 1.54) is 18.4 Å². The Morgan fingerprint density at radius 2 is 1.95 bits per heavy atom. The second-order valence-corrected chi connectivity index (χ2v) is 6.55. The summed E-state index contributed by atoms with van der Waals surface area (Å²) in [5.74, 6) is 0. The van der Waals surface area contributed by atoms with Crippen LogP contribution in [0.1, 0.15) is 24.1 Å². The van der Waals surface area contributed by atoms with Gasteiger partial charge in [0.2, 0.25) is 0 Å². The van der Waals surface area contributed by atoms with Gasteiger partial charge in [-0.3, -0.25) is 14.5 Å². The van der Waals surface area contributed by atoms with Gasteiger partial charge in [0.05, 0.1) is 11.8 Å². The van der Waals surface area contributed by atoms with Crippen molar-refractivity contribution in [3.63, 3.8) is 0 Å². The van der Waals surface area contributed by atoms with E-state index in [9.17, 15) is 0 Å². The number of aromatic nitrogens is 2. The number of halogens is 1. The van der Waals surface area contributed by atoms with Crippen molar-refractivity contribution in [2.45, 2.75) is 32.4 Å². The Balaban J connectivity index is 1.49. The van der Waals surface area contributed by atoms with Crippen molar-refractivity contribution in [2.24, 2.45) is 7.05 Å². The standard InChI is InChI=1S/C15H25ClN4O/c1-12-14(15(16)18(2)17-12)11-20-7-5-19(6-8-20)10-13-4-3-9-21-13/h13H,3-11H2,1-2H3. The summed E-state index contributed by atoms with van der Waals surface area (Å²) in [4.78, 5) is 5.01. The molecule has 0 aliphatic carbocycles. The third-order valence-electron chi connectivity index (χ3n) is 4.60. The van der Waals surface area contributed by atoms with Gasteiger partial charge in [-0.2, -0.15) is 5.10 Å². The first-order valence-corrected chi connectivity index (χ1v) is 8.25. The normalized spacial score (nSPS) is 24.8. The molecule has 5 nitrogen and oxygen atoms in total. The Morgan fingerprint density at radius 3 is 2.52 bits per heavy atom. The van der Waals surface area contributed by atoms with Gasteiger partial charge < -0.3 is 4.74 Å². The molecule has 2 saturated heterocycles. The van der Waals surface area contributed by atoms with Gasteiger partial charge >= 0.3 is 0 Å². The van der Waals surface area contributed by atoms with Crippen molar-refractivity contribution >= 4 is 11.6 Å². The van der Waals surface area contributed by atoms with E-state index in [2.05, 4.69) is 14.9 Å². The van der Waals surface area contributed by atoms with Crippen LogP contribution in [-0.4, -0.2) is 65.0 Å². The molecule has 1 unspecified atom stereocenters. The molecule has 1 aromatic rings. The lowest BCUT2D eigenvalue weighted by atomic mass is 10.2. The molecule has 1 atom stereocenters. The molecule has 0 amide bonds. The SMILES string of the molecule is Cc1nn(C)c(Cl)c1CN1CCN(CC2CCCO2)CC1.